The molecule has 2 aromatic rings. The van der Waals surface area contributed by atoms with Gasteiger partial charge in [-0.05, 0) is 60.6 Å². The maximum absolute atomic E-state index is 12.8. The van der Waals surface area contributed by atoms with Crippen molar-refractivity contribution in [1.29, 1.82) is 0 Å². The van der Waals surface area contributed by atoms with Gasteiger partial charge in [0.2, 0.25) is 15.9 Å². The van der Waals surface area contributed by atoms with Gasteiger partial charge in [-0.25, -0.2) is 13.1 Å². The monoisotopic (exact) mass is 356 g/mol. The van der Waals surface area contributed by atoms with E-state index in [1.807, 2.05) is 18.2 Å². The lowest BCUT2D eigenvalue weighted by molar-refractivity contribution is -0.116. The van der Waals surface area contributed by atoms with Crippen LogP contribution >= 0.6 is 0 Å². The molecule has 1 aliphatic heterocycles. The molecule has 25 heavy (non-hydrogen) atoms. The fourth-order valence-corrected chi connectivity index (χ4v) is 4.95. The van der Waals surface area contributed by atoms with E-state index >= 15 is 0 Å². The first kappa shape index (κ1) is 16.3. The van der Waals surface area contributed by atoms with Crippen LogP contribution in [0.3, 0.4) is 0 Å². The molecule has 2 N–H and O–H groups in total. The molecule has 0 aromatic heterocycles. The lowest BCUT2D eigenvalue weighted by Crippen LogP contribution is -2.27. The molecule has 130 valence electrons. The molecule has 0 fully saturated rings. The summed E-state index contributed by atoms with van der Waals surface area (Å²) in [6.45, 7) is 0. The Morgan fingerprint density at radius 2 is 1.84 bits per heavy atom. The van der Waals surface area contributed by atoms with E-state index in [0.29, 0.717) is 18.5 Å². The van der Waals surface area contributed by atoms with Gasteiger partial charge < -0.3 is 5.32 Å². The number of hydrogen-bond donors (Lipinski definition) is 2. The van der Waals surface area contributed by atoms with E-state index < -0.39 is 10.0 Å². The summed E-state index contributed by atoms with van der Waals surface area (Å²) in [5.74, 6) is -0.0185. The van der Waals surface area contributed by atoms with E-state index in [9.17, 15) is 13.2 Å². The molecule has 1 heterocycles. The fourth-order valence-electron chi connectivity index (χ4n) is 3.65. The molecule has 4 rings (SSSR count). The van der Waals surface area contributed by atoms with Crippen LogP contribution in [-0.4, -0.2) is 14.3 Å². The third-order valence-corrected chi connectivity index (χ3v) is 6.41. The van der Waals surface area contributed by atoms with Crippen molar-refractivity contribution in [3.05, 3.63) is 59.2 Å². The van der Waals surface area contributed by atoms with Crippen molar-refractivity contribution >= 4 is 21.6 Å². The van der Waals surface area contributed by atoms with Crippen LogP contribution in [-0.2, 0) is 27.7 Å². The van der Waals surface area contributed by atoms with Gasteiger partial charge in [0.15, 0.2) is 0 Å². The predicted octanol–water partition coefficient (Wildman–Crippen LogP) is 2.93. The van der Waals surface area contributed by atoms with Crippen molar-refractivity contribution in [2.24, 2.45) is 0 Å². The van der Waals surface area contributed by atoms with Crippen LogP contribution < -0.4 is 10.0 Å². The van der Waals surface area contributed by atoms with Crippen molar-refractivity contribution in [2.75, 3.05) is 5.32 Å². The summed E-state index contributed by atoms with van der Waals surface area (Å²) >= 11 is 0. The van der Waals surface area contributed by atoms with Crippen LogP contribution in [0.25, 0.3) is 0 Å². The van der Waals surface area contributed by atoms with E-state index in [0.717, 1.165) is 30.4 Å². The minimum absolute atomic E-state index is 0.0185. The number of carbonyl (C=O) groups is 1. The molecule has 6 heteroatoms. The number of fused-ring (bicyclic) bond motifs is 2. The van der Waals surface area contributed by atoms with E-state index in [2.05, 4.69) is 16.1 Å². The smallest absolute Gasteiger partial charge is 0.241 e. The van der Waals surface area contributed by atoms with Gasteiger partial charge in [0, 0.05) is 18.2 Å². The van der Waals surface area contributed by atoms with Crippen LogP contribution in [0.4, 0.5) is 5.69 Å². The number of benzene rings is 2. The SMILES string of the molecule is O=C1CCCc2cc(S(=O)(=O)NC3CCc4ccccc43)ccc2N1. The largest absolute Gasteiger partial charge is 0.326 e. The first-order valence-corrected chi connectivity index (χ1v) is 10.0. The molecule has 2 aromatic carbocycles. The van der Waals surface area contributed by atoms with Gasteiger partial charge in [0.25, 0.3) is 0 Å². The van der Waals surface area contributed by atoms with Crippen LogP contribution in [0.15, 0.2) is 47.4 Å². The highest BCUT2D eigenvalue weighted by Crippen LogP contribution is 2.32. The van der Waals surface area contributed by atoms with Gasteiger partial charge in [-0.3, -0.25) is 4.79 Å². The lowest BCUT2D eigenvalue weighted by atomic mass is 10.1. The fraction of sp³-hybridized carbons (Fsp3) is 0.316. The van der Waals surface area contributed by atoms with Crippen molar-refractivity contribution in [1.82, 2.24) is 4.72 Å². The minimum Gasteiger partial charge on any atom is -0.326 e. The number of aryl methyl sites for hydroxylation is 2. The van der Waals surface area contributed by atoms with Crippen molar-refractivity contribution in [3.63, 3.8) is 0 Å². The molecule has 2 aliphatic rings. The maximum atomic E-state index is 12.8. The van der Waals surface area contributed by atoms with Crippen LogP contribution in [0.1, 0.15) is 42.0 Å². The lowest BCUT2D eigenvalue weighted by Gasteiger charge is -2.16. The first-order valence-electron chi connectivity index (χ1n) is 8.56. The highest BCUT2D eigenvalue weighted by Gasteiger charge is 2.27. The number of anilines is 1. The number of amides is 1. The molecular weight excluding hydrogens is 336 g/mol. The molecule has 5 nitrogen and oxygen atoms in total. The van der Waals surface area contributed by atoms with Gasteiger partial charge in [-0.1, -0.05) is 24.3 Å². The molecule has 0 bridgehead atoms. The Labute approximate surface area is 147 Å². The number of rotatable bonds is 3. The second kappa shape index (κ2) is 6.28. The highest BCUT2D eigenvalue weighted by molar-refractivity contribution is 7.89. The molecule has 0 saturated carbocycles. The summed E-state index contributed by atoms with van der Waals surface area (Å²) in [5, 5.41) is 2.83. The summed E-state index contributed by atoms with van der Waals surface area (Å²) < 4.78 is 28.5. The van der Waals surface area contributed by atoms with Gasteiger partial charge >= 0.3 is 0 Å². The van der Waals surface area contributed by atoms with E-state index in [4.69, 9.17) is 0 Å². The van der Waals surface area contributed by atoms with Crippen LogP contribution in [0, 0.1) is 0 Å². The van der Waals surface area contributed by atoms with Crippen molar-refractivity contribution in [3.8, 4) is 0 Å². The molecule has 1 unspecified atom stereocenters. The number of carbonyl (C=O) groups excluding carboxylic acids is 1. The average molecular weight is 356 g/mol. The Balaban J connectivity index is 1.61. The zero-order chi connectivity index (χ0) is 17.4. The Morgan fingerprint density at radius 1 is 1.00 bits per heavy atom. The highest BCUT2D eigenvalue weighted by atomic mass is 32.2. The van der Waals surface area contributed by atoms with Crippen LogP contribution in [0.5, 0.6) is 0 Å². The van der Waals surface area contributed by atoms with Gasteiger partial charge in [-0.15, -0.1) is 0 Å². The van der Waals surface area contributed by atoms with E-state index in [1.165, 1.54) is 5.56 Å². The molecular formula is C19H20N2O3S. The topological polar surface area (TPSA) is 75.3 Å². The minimum atomic E-state index is -3.61. The summed E-state index contributed by atoms with van der Waals surface area (Å²) in [5.41, 5.74) is 3.86. The number of hydrogen-bond acceptors (Lipinski definition) is 3. The first-order chi connectivity index (χ1) is 12.0. The van der Waals surface area contributed by atoms with Gasteiger partial charge in [0.05, 0.1) is 4.90 Å². The third kappa shape index (κ3) is 3.19. The normalized spacial score (nSPS) is 19.7. The van der Waals surface area contributed by atoms with Crippen molar-refractivity contribution in [2.45, 2.75) is 43.0 Å². The second-order valence-corrected chi connectivity index (χ2v) is 8.35. The zero-order valence-corrected chi connectivity index (χ0v) is 14.6. The summed E-state index contributed by atoms with van der Waals surface area (Å²) in [6, 6.07) is 12.7. The van der Waals surface area contributed by atoms with E-state index in [1.54, 1.807) is 18.2 Å². The summed E-state index contributed by atoms with van der Waals surface area (Å²) in [7, 11) is -3.61. The van der Waals surface area contributed by atoms with Crippen molar-refractivity contribution < 1.29 is 13.2 Å². The predicted molar refractivity (Wildman–Crippen MR) is 95.8 cm³/mol. The molecule has 1 amide bonds. The number of nitrogens with one attached hydrogen (secondary N) is 2. The van der Waals surface area contributed by atoms with Gasteiger partial charge in [0.1, 0.15) is 0 Å². The van der Waals surface area contributed by atoms with E-state index in [-0.39, 0.29) is 16.8 Å². The molecule has 0 radical (unpaired) electrons. The summed E-state index contributed by atoms with van der Waals surface area (Å²) in [6.07, 6.45) is 3.56. The average Bonchev–Trinajstić information content (AvgIpc) is 2.88. The summed E-state index contributed by atoms with van der Waals surface area (Å²) in [4.78, 5) is 11.9. The molecule has 1 aliphatic carbocycles. The maximum Gasteiger partial charge on any atom is 0.241 e. The Bertz CT molecular complexity index is 937. The quantitative estimate of drug-likeness (QED) is 0.888. The molecule has 0 saturated heterocycles. The van der Waals surface area contributed by atoms with Gasteiger partial charge in [-0.2, -0.15) is 0 Å². The second-order valence-electron chi connectivity index (χ2n) is 6.63. The standard InChI is InChI=1S/C19H20N2O3S/c22-19-7-3-5-14-12-15(9-11-17(14)20-19)25(23,24)21-18-10-8-13-4-1-2-6-16(13)18/h1-2,4,6,9,11-12,18,21H,3,5,7-8,10H2,(H,20,22). The Morgan fingerprint density at radius 3 is 2.72 bits per heavy atom. The zero-order valence-electron chi connectivity index (χ0n) is 13.8. The Kier molecular flexibility index (Phi) is 4.09. The molecule has 0 spiro atoms. The third-order valence-electron chi connectivity index (χ3n) is 4.94. The Hall–Kier alpha value is -2.18. The molecule has 1 atom stereocenters. The number of sulfonamides is 1. The van der Waals surface area contributed by atoms with Crippen LogP contribution in [0.2, 0.25) is 0 Å².